The number of carbonyl (C=O) groups excluding carboxylic acids is 2. The summed E-state index contributed by atoms with van der Waals surface area (Å²) in [6.07, 6.45) is 8.70. The first kappa shape index (κ1) is 20.5. The monoisotopic (exact) mass is 412 g/mol. The van der Waals surface area contributed by atoms with Crippen LogP contribution in [-0.2, 0) is 14.4 Å². The highest BCUT2D eigenvalue weighted by atomic mass is 16.4. The summed E-state index contributed by atoms with van der Waals surface area (Å²) in [6.45, 7) is 8.73. The molecular weight excluding hydrogens is 376 g/mol. The molecule has 4 heteroatoms. The highest BCUT2D eigenvalue weighted by Crippen LogP contribution is 2.74. The van der Waals surface area contributed by atoms with Gasteiger partial charge in [0, 0.05) is 30.1 Å². The van der Waals surface area contributed by atoms with Crippen LogP contribution in [0.2, 0.25) is 0 Å². The average Bonchev–Trinajstić information content (AvgIpc) is 2.69. The molecule has 0 aromatic rings. The van der Waals surface area contributed by atoms with Crippen molar-refractivity contribution in [3.63, 3.8) is 0 Å². The number of ketones is 2. The second-order valence-electron chi connectivity index (χ2n) is 11.9. The molecule has 30 heavy (non-hydrogen) atoms. The van der Waals surface area contributed by atoms with Gasteiger partial charge in [0.2, 0.25) is 0 Å². The Labute approximate surface area is 179 Å². The molecule has 0 radical (unpaired) electrons. The fourth-order valence-corrected chi connectivity index (χ4v) is 9.34. The molecular formula is C26H36O4. The lowest BCUT2D eigenvalue weighted by atomic mass is 9.33. The van der Waals surface area contributed by atoms with Crippen LogP contribution in [0, 0.1) is 51.8 Å². The summed E-state index contributed by atoms with van der Waals surface area (Å²) in [7, 11) is 0. The standard InChI is InChI=1S/C26H36O4/c1-14(2)16-13-26-11-8-19-24(3,9-5-10-25(19,4)23(29)30)20(26)12-15(16)21-17(27)6-7-18(28)22(21)26/h13-15,19-22H,5-12H2,1-4H3,(H,29,30)/t15-,19+,20+,21+,22-,24+,25-,26+/m1/s1. The number of carbonyl (C=O) groups is 3. The third-order valence-corrected chi connectivity index (χ3v) is 10.5. The van der Waals surface area contributed by atoms with Crippen LogP contribution in [0.4, 0.5) is 0 Å². The Morgan fingerprint density at radius 3 is 2.43 bits per heavy atom. The highest BCUT2D eigenvalue weighted by Gasteiger charge is 2.70. The van der Waals surface area contributed by atoms with E-state index >= 15 is 0 Å². The topological polar surface area (TPSA) is 71.4 Å². The van der Waals surface area contributed by atoms with Crippen LogP contribution in [0.3, 0.4) is 0 Å². The number of fused-ring (bicyclic) bond motifs is 1. The number of hydrogen-bond acceptors (Lipinski definition) is 3. The molecule has 0 aromatic carbocycles. The lowest BCUT2D eigenvalue weighted by molar-refractivity contribution is -0.200. The second kappa shape index (κ2) is 6.29. The molecule has 1 spiro atoms. The van der Waals surface area contributed by atoms with Crippen molar-refractivity contribution in [1.29, 1.82) is 0 Å². The number of carboxylic acid groups (broad SMARTS) is 1. The van der Waals surface area contributed by atoms with Gasteiger partial charge in [-0.05, 0) is 68.1 Å². The third kappa shape index (κ3) is 2.31. The average molecular weight is 413 g/mol. The number of rotatable bonds is 2. The van der Waals surface area contributed by atoms with Crippen LogP contribution in [0.5, 0.6) is 0 Å². The lowest BCUT2D eigenvalue weighted by Crippen LogP contribution is -2.67. The van der Waals surface area contributed by atoms with Gasteiger partial charge in [-0.25, -0.2) is 0 Å². The van der Waals surface area contributed by atoms with E-state index in [4.69, 9.17) is 0 Å². The molecule has 6 rings (SSSR count). The smallest absolute Gasteiger partial charge is 0.309 e. The van der Waals surface area contributed by atoms with Gasteiger partial charge in [0.15, 0.2) is 0 Å². The minimum absolute atomic E-state index is 0.0767. The largest absolute Gasteiger partial charge is 0.481 e. The van der Waals surface area contributed by atoms with E-state index in [1.54, 1.807) is 0 Å². The van der Waals surface area contributed by atoms with Crippen LogP contribution < -0.4 is 0 Å². The Hall–Kier alpha value is -1.45. The van der Waals surface area contributed by atoms with Crippen molar-refractivity contribution in [2.75, 3.05) is 0 Å². The van der Waals surface area contributed by atoms with Gasteiger partial charge in [-0.3, -0.25) is 14.4 Å². The van der Waals surface area contributed by atoms with Gasteiger partial charge in [-0.15, -0.1) is 0 Å². The van der Waals surface area contributed by atoms with Crippen LogP contribution in [0.25, 0.3) is 0 Å². The summed E-state index contributed by atoms with van der Waals surface area (Å²) < 4.78 is 0. The van der Waals surface area contributed by atoms with Crippen LogP contribution in [-0.4, -0.2) is 22.6 Å². The summed E-state index contributed by atoms with van der Waals surface area (Å²) in [5.74, 6) is 0.677. The molecule has 0 amide bonds. The molecule has 1 N–H and O–H groups in total. The summed E-state index contributed by atoms with van der Waals surface area (Å²) in [5.41, 5.74) is 0.400. The molecule has 6 aliphatic rings. The summed E-state index contributed by atoms with van der Waals surface area (Å²) in [4.78, 5) is 38.8. The highest BCUT2D eigenvalue weighted by molar-refractivity contribution is 5.98. The van der Waals surface area contributed by atoms with E-state index in [1.807, 2.05) is 6.92 Å². The predicted molar refractivity (Wildman–Crippen MR) is 114 cm³/mol. The Balaban J connectivity index is 1.67. The van der Waals surface area contributed by atoms with Crippen LogP contribution in [0.15, 0.2) is 11.6 Å². The summed E-state index contributed by atoms with van der Waals surface area (Å²) in [6, 6.07) is 0. The predicted octanol–water partition coefficient (Wildman–Crippen LogP) is 5.06. The van der Waals surface area contributed by atoms with E-state index in [0.29, 0.717) is 36.2 Å². The van der Waals surface area contributed by atoms with Gasteiger partial charge in [-0.1, -0.05) is 38.8 Å². The maximum Gasteiger partial charge on any atom is 0.309 e. The van der Waals surface area contributed by atoms with Crippen LogP contribution >= 0.6 is 0 Å². The molecule has 0 saturated heterocycles. The van der Waals surface area contributed by atoms with E-state index in [1.165, 1.54) is 5.57 Å². The lowest BCUT2D eigenvalue weighted by Gasteiger charge is -2.70. The number of carboxylic acids is 1. The van der Waals surface area contributed by atoms with E-state index in [-0.39, 0.29) is 34.5 Å². The first-order valence-electron chi connectivity index (χ1n) is 12.1. The minimum Gasteiger partial charge on any atom is -0.481 e. The molecule has 0 aliphatic heterocycles. The maximum atomic E-state index is 13.3. The normalized spacial score (nSPS) is 49.9. The fraction of sp³-hybridized carbons (Fsp3) is 0.808. The zero-order valence-electron chi connectivity index (χ0n) is 18.9. The van der Waals surface area contributed by atoms with Crippen molar-refractivity contribution >= 4 is 17.5 Å². The van der Waals surface area contributed by atoms with E-state index in [0.717, 1.165) is 38.5 Å². The molecule has 0 aromatic heterocycles. The summed E-state index contributed by atoms with van der Waals surface area (Å²) >= 11 is 0. The number of aliphatic carboxylic acids is 1. The van der Waals surface area contributed by atoms with Crippen molar-refractivity contribution in [3.8, 4) is 0 Å². The van der Waals surface area contributed by atoms with E-state index in [2.05, 4.69) is 26.8 Å². The molecule has 8 atom stereocenters. The van der Waals surface area contributed by atoms with Crippen molar-refractivity contribution in [3.05, 3.63) is 11.6 Å². The quantitative estimate of drug-likeness (QED) is 0.644. The van der Waals surface area contributed by atoms with Gasteiger partial charge in [0.25, 0.3) is 0 Å². The number of hydrogen-bond donors (Lipinski definition) is 1. The maximum absolute atomic E-state index is 13.3. The molecule has 4 saturated carbocycles. The van der Waals surface area contributed by atoms with Gasteiger partial charge in [0.05, 0.1) is 5.41 Å². The Kier molecular flexibility index (Phi) is 4.29. The van der Waals surface area contributed by atoms with Crippen molar-refractivity contribution in [2.24, 2.45) is 51.8 Å². The van der Waals surface area contributed by atoms with Crippen molar-refractivity contribution in [2.45, 2.75) is 79.1 Å². The zero-order valence-corrected chi connectivity index (χ0v) is 18.9. The van der Waals surface area contributed by atoms with Crippen molar-refractivity contribution in [1.82, 2.24) is 0 Å². The zero-order chi connectivity index (χ0) is 21.6. The minimum atomic E-state index is -0.679. The SMILES string of the molecule is CC(C)C1=C[C@@]23CC[C@H]4[C@](C)(CCC[C@@]4(C)C(=O)O)[C@@H]2C[C@H]1[C@H]1C(=O)CCC(=O)[C@H]13. The molecule has 0 unspecified atom stereocenters. The molecule has 2 bridgehead atoms. The first-order chi connectivity index (χ1) is 14.1. The Bertz CT molecular complexity index is 855. The number of allylic oxidation sites excluding steroid dienone is 2. The van der Waals surface area contributed by atoms with Crippen molar-refractivity contribution < 1.29 is 19.5 Å². The van der Waals surface area contributed by atoms with Crippen LogP contribution in [0.1, 0.15) is 79.1 Å². The molecule has 6 aliphatic carbocycles. The Morgan fingerprint density at radius 2 is 1.77 bits per heavy atom. The van der Waals surface area contributed by atoms with E-state index in [9.17, 15) is 19.5 Å². The van der Waals surface area contributed by atoms with E-state index < -0.39 is 11.4 Å². The van der Waals surface area contributed by atoms with Gasteiger partial charge in [0.1, 0.15) is 11.6 Å². The fourth-order valence-electron chi connectivity index (χ4n) is 9.34. The second-order valence-corrected chi connectivity index (χ2v) is 11.9. The third-order valence-electron chi connectivity index (χ3n) is 10.5. The van der Waals surface area contributed by atoms with Gasteiger partial charge in [-0.2, -0.15) is 0 Å². The molecule has 4 fully saturated rings. The molecule has 164 valence electrons. The molecule has 4 nitrogen and oxygen atoms in total. The number of Topliss-reactive ketones (excluding diaryl/α,β-unsaturated/α-hetero) is 2. The molecule has 0 heterocycles. The summed E-state index contributed by atoms with van der Waals surface area (Å²) in [5, 5.41) is 10.1. The van der Waals surface area contributed by atoms with Gasteiger partial charge >= 0.3 is 5.97 Å². The van der Waals surface area contributed by atoms with Gasteiger partial charge < -0.3 is 5.11 Å². The Morgan fingerprint density at radius 1 is 1.07 bits per heavy atom. The first-order valence-corrected chi connectivity index (χ1v) is 12.1.